The molecule has 0 unspecified atom stereocenters. The van der Waals surface area contributed by atoms with Gasteiger partial charge >= 0.3 is 0 Å². The van der Waals surface area contributed by atoms with Crippen LogP contribution in [0.15, 0.2) is 18.2 Å². The number of rotatable bonds is 4. The number of benzene rings is 1. The summed E-state index contributed by atoms with van der Waals surface area (Å²) in [5.74, 6) is 1.58. The van der Waals surface area contributed by atoms with Crippen molar-refractivity contribution in [3.05, 3.63) is 23.9 Å². The molecule has 0 saturated carbocycles. The molecule has 0 fully saturated rings. The molecule has 0 amide bonds. The smallest absolute Gasteiger partial charge is 0.183 e. The fourth-order valence-corrected chi connectivity index (χ4v) is 2.69. The zero-order chi connectivity index (χ0) is 13.1. The Morgan fingerprint density at radius 1 is 1.22 bits per heavy atom. The van der Waals surface area contributed by atoms with Gasteiger partial charge in [0.2, 0.25) is 0 Å². The highest BCUT2D eigenvalue weighted by molar-refractivity contribution is 7.19. The molecule has 4 nitrogen and oxygen atoms in total. The second-order valence-electron chi connectivity index (χ2n) is 3.75. The van der Waals surface area contributed by atoms with Crippen LogP contribution in [-0.4, -0.2) is 26.3 Å². The zero-order valence-electron chi connectivity index (χ0n) is 10.9. The summed E-state index contributed by atoms with van der Waals surface area (Å²) in [6.45, 7) is 2.00. The van der Waals surface area contributed by atoms with Crippen molar-refractivity contribution in [2.45, 2.75) is 6.92 Å². The highest BCUT2D eigenvalue weighted by Crippen LogP contribution is 2.39. The third-order valence-corrected chi connectivity index (χ3v) is 3.87. The summed E-state index contributed by atoms with van der Waals surface area (Å²) < 4.78 is 10.6. The molecule has 0 saturated heterocycles. The molecule has 0 bridgehead atoms. The highest BCUT2D eigenvalue weighted by Gasteiger charge is 2.14. The Morgan fingerprint density at radius 3 is 2.56 bits per heavy atom. The van der Waals surface area contributed by atoms with Gasteiger partial charge in [0, 0.05) is 18.7 Å². The molecule has 96 valence electrons. The van der Waals surface area contributed by atoms with E-state index in [-0.39, 0.29) is 0 Å². The molecular formula is C13H16N2O2S. The quantitative estimate of drug-likeness (QED) is 0.921. The van der Waals surface area contributed by atoms with Crippen LogP contribution >= 0.6 is 11.3 Å². The minimum Gasteiger partial charge on any atom is -0.497 e. The average Bonchev–Trinajstić information content (AvgIpc) is 2.79. The second-order valence-corrected chi connectivity index (χ2v) is 4.75. The van der Waals surface area contributed by atoms with E-state index in [4.69, 9.17) is 9.47 Å². The van der Waals surface area contributed by atoms with E-state index in [2.05, 4.69) is 10.3 Å². The molecule has 1 aromatic heterocycles. The number of hydrogen-bond donors (Lipinski definition) is 1. The summed E-state index contributed by atoms with van der Waals surface area (Å²) in [7, 11) is 5.17. The normalized spacial score (nSPS) is 10.2. The third kappa shape index (κ3) is 2.26. The molecular weight excluding hydrogens is 248 g/mol. The fourth-order valence-electron chi connectivity index (χ4n) is 1.74. The summed E-state index contributed by atoms with van der Waals surface area (Å²) in [5.41, 5.74) is 2.03. The van der Waals surface area contributed by atoms with Gasteiger partial charge in [-0.25, -0.2) is 4.98 Å². The van der Waals surface area contributed by atoms with Gasteiger partial charge in [-0.05, 0) is 19.1 Å². The van der Waals surface area contributed by atoms with Crippen molar-refractivity contribution >= 4 is 16.5 Å². The predicted molar refractivity (Wildman–Crippen MR) is 74.9 cm³/mol. The van der Waals surface area contributed by atoms with E-state index >= 15 is 0 Å². The van der Waals surface area contributed by atoms with Gasteiger partial charge in [0.05, 0.1) is 24.8 Å². The molecule has 0 aliphatic rings. The molecule has 1 aromatic carbocycles. The SMILES string of the molecule is CNc1nc(C)c(-c2ccc(OC)cc2OC)s1. The van der Waals surface area contributed by atoms with E-state index in [0.29, 0.717) is 0 Å². The molecule has 0 spiro atoms. The van der Waals surface area contributed by atoms with E-state index in [9.17, 15) is 0 Å². The molecule has 2 aromatic rings. The molecule has 0 aliphatic carbocycles. The maximum absolute atomic E-state index is 5.42. The van der Waals surface area contributed by atoms with Crippen LogP contribution in [0, 0.1) is 6.92 Å². The van der Waals surface area contributed by atoms with E-state index in [0.717, 1.165) is 32.8 Å². The lowest BCUT2D eigenvalue weighted by atomic mass is 10.1. The van der Waals surface area contributed by atoms with Crippen LogP contribution < -0.4 is 14.8 Å². The summed E-state index contributed by atoms with van der Waals surface area (Å²) in [4.78, 5) is 5.55. The molecule has 0 atom stereocenters. The van der Waals surface area contributed by atoms with Crippen molar-refractivity contribution in [2.24, 2.45) is 0 Å². The monoisotopic (exact) mass is 264 g/mol. The Hall–Kier alpha value is -1.75. The summed E-state index contributed by atoms with van der Waals surface area (Å²) in [5, 5.41) is 3.96. The van der Waals surface area contributed by atoms with E-state index in [1.807, 2.05) is 32.2 Å². The number of aryl methyl sites for hydroxylation is 1. The van der Waals surface area contributed by atoms with Gasteiger partial charge in [0.25, 0.3) is 0 Å². The number of aromatic nitrogens is 1. The average molecular weight is 264 g/mol. The maximum atomic E-state index is 5.42. The summed E-state index contributed by atoms with van der Waals surface area (Å²) in [6, 6.07) is 5.81. The Bertz CT molecular complexity index is 552. The summed E-state index contributed by atoms with van der Waals surface area (Å²) >= 11 is 1.61. The molecule has 0 radical (unpaired) electrons. The number of ether oxygens (including phenoxy) is 2. The largest absolute Gasteiger partial charge is 0.497 e. The van der Waals surface area contributed by atoms with Gasteiger partial charge in [-0.1, -0.05) is 11.3 Å². The molecule has 2 rings (SSSR count). The van der Waals surface area contributed by atoms with Crippen LogP contribution in [-0.2, 0) is 0 Å². The topological polar surface area (TPSA) is 43.4 Å². The van der Waals surface area contributed by atoms with Gasteiger partial charge in [-0.2, -0.15) is 0 Å². The zero-order valence-corrected chi connectivity index (χ0v) is 11.7. The molecule has 1 heterocycles. The Labute approximate surface area is 111 Å². The predicted octanol–water partition coefficient (Wildman–Crippen LogP) is 3.18. The number of hydrogen-bond acceptors (Lipinski definition) is 5. The minimum absolute atomic E-state index is 0.784. The van der Waals surface area contributed by atoms with Crippen LogP contribution in [0.25, 0.3) is 10.4 Å². The second kappa shape index (κ2) is 5.27. The van der Waals surface area contributed by atoms with Crippen molar-refractivity contribution in [2.75, 3.05) is 26.6 Å². The first-order valence-corrected chi connectivity index (χ1v) is 6.38. The Balaban J connectivity index is 2.52. The van der Waals surface area contributed by atoms with Crippen LogP contribution in [0.5, 0.6) is 11.5 Å². The van der Waals surface area contributed by atoms with Crippen LogP contribution in [0.3, 0.4) is 0 Å². The first-order chi connectivity index (χ1) is 8.69. The van der Waals surface area contributed by atoms with Crippen LogP contribution in [0.2, 0.25) is 0 Å². The number of nitrogens with zero attached hydrogens (tertiary/aromatic N) is 1. The highest BCUT2D eigenvalue weighted by atomic mass is 32.1. The van der Waals surface area contributed by atoms with Crippen LogP contribution in [0.1, 0.15) is 5.69 Å². The van der Waals surface area contributed by atoms with Crippen LogP contribution in [0.4, 0.5) is 5.13 Å². The van der Waals surface area contributed by atoms with E-state index < -0.39 is 0 Å². The molecule has 18 heavy (non-hydrogen) atoms. The lowest BCUT2D eigenvalue weighted by Gasteiger charge is -2.09. The van der Waals surface area contributed by atoms with Gasteiger partial charge in [0.15, 0.2) is 5.13 Å². The van der Waals surface area contributed by atoms with Crippen molar-refractivity contribution in [1.29, 1.82) is 0 Å². The first-order valence-electron chi connectivity index (χ1n) is 5.57. The van der Waals surface area contributed by atoms with Crippen molar-refractivity contribution in [1.82, 2.24) is 4.98 Å². The third-order valence-electron chi connectivity index (χ3n) is 2.66. The van der Waals surface area contributed by atoms with Gasteiger partial charge in [-0.15, -0.1) is 0 Å². The molecule has 1 N–H and O–H groups in total. The Morgan fingerprint density at radius 2 is 2.00 bits per heavy atom. The van der Waals surface area contributed by atoms with E-state index in [1.54, 1.807) is 25.6 Å². The minimum atomic E-state index is 0.784. The molecule has 0 aliphatic heterocycles. The lowest BCUT2D eigenvalue weighted by molar-refractivity contribution is 0.395. The number of anilines is 1. The van der Waals surface area contributed by atoms with Crippen molar-refractivity contribution < 1.29 is 9.47 Å². The fraction of sp³-hybridized carbons (Fsp3) is 0.308. The van der Waals surface area contributed by atoms with Crippen molar-refractivity contribution in [3.63, 3.8) is 0 Å². The van der Waals surface area contributed by atoms with Gasteiger partial charge in [-0.3, -0.25) is 0 Å². The standard InChI is InChI=1S/C13H16N2O2S/c1-8-12(18-13(14-2)15-8)10-6-5-9(16-3)7-11(10)17-4/h5-7H,1-4H3,(H,14,15). The summed E-state index contributed by atoms with van der Waals surface area (Å²) in [6.07, 6.45) is 0. The lowest BCUT2D eigenvalue weighted by Crippen LogP contribution is -1.90. The van der Waals surface area contributed by atoms with E-state index in [1.165, 1.54) is 0 Å². The van der Waals surface area contributed by atoms with Gasteiger partial charge < -0.3 is 14.8 Å². The maximum Gasteiger partial charge on any atom is 0.183 e. The van der Waals surface area contributed by atoms with Gasteiger partial charge in [0.1, 0.15) is 11.5 Å². The first kappa shape index (κ1) is 12.7. The molecule has 5 heteroatoms. The number of methoxy groups -OCH3 is 2. The van der Waals surface area contributed by atoms with Crippen molar-refractivity contribution in [3.8, 4) is 21.9 Å². The number of thiazole rings is 1. The Kier molecular flexibility index (Phi) is 3.72. The number of nitrogens with one attached hydrogen (secondary N) is 1.